The summed E-state index contributed by atoms with van der Waals surface area (Å²) in [6, 6.07) is 9.28. The molecule has 1 amide bonds. The smallest absolute Gasteiger partial charge is 0.253 e. The number of anilines is 1. The fourth-order valence-electron chi connectivity index (χ4n) is 2.10. The molecular formula is C17H22N2O3. The highest BCUT2D eigenvalue weighted by Gasteiger charge is 2.12. The first kappa shape index (κ1) is 15.9. The lowest BCUT2D eigenvalue weighted by atomic mass is 10.1. The molecule has 0 unspecified atom stereocenters. The number of benzene rings is 1. The van der Waals surface area contributed by atoms with Crippen LogP contribution in [0.15, 0.2) is 34.7 Å². The molecule has 118 valence electrons. The lowest BCUT2D eigenvalue weighted by Gasteiger charge is -2.15. The Balaban J connectivity index is 2.17. The summed E-state index contributed by atoms with van der Waals surface area (Å²) in [5, 5.41) is 3.28. The maximum Gasteiger partial charge on any atom is 0.253 e. The molecule has 0 radical (unpaired) electrons. The summed E-state index contributed by atoms with van der Waals surface area (Å²) in [5.41, 5.74) is 1.44. The number of aryl methyl sites for hydroxylation is 1. The van der Waals surface area contributed by atoms with E-state index in [1.165, 1.54) is 0 Å². The molecule has 5 heteroatoms. The van der Waals surface area contributed by atoms with Crippen LogP contribution < -0.4 is 10.1 Å². The van der Waals surface area contributed by atoms with Crippen LogP contribution in [0.4, 0.5) is 5.69 Å². The molecule has 1 N–H and O–H groups in total. The zero-order valence-corrected chi connectivity index (χ0v) is 13.5. The first-order chi connectivity index (χ1) is 10.5. The van der Waals surface area contributed by atoms with Gasteiger partial charge in [0.15, 0.2) is 0 Å². The summed E-state index contributed by atoms with van der Waals surface area (Å²) in [7, 11) is 3.46. The van der Waals surface area contributed by atoms with Crippen LogP contribution in [-0.4, -0.2) is 31.5 Å². The van der Waals surface area contributed by atoms with Gasteiger partial charge in [0.25, 0.3) is 5.91 Å². The van der Waals surface area contributed by atoms with Crippen molar-refractivity contribution in [3.8, 4) is 5.75 Å². The quantitative estimate of drug-likeness (QED) is 0.889. The van der Waals surface area contributed by atoms with Crippen molar-refractivity contribution in [1.82, 2.24) is 4.90 Å². The summed E-state index contributed by atoms with van der Waals surface area (Å²) in [4.78, 5) is 13.6. The molecule has 2 rings (SSSR count). The van der Waals surface area contributed by atoms with Crippen molar-refractivity contribution in [1.29, 1.82) is 0 Å². The van der Waals surface area contributed by atoms with Crippen LogP contribution in [-0.2, 0) is 6.54 Å². The van der Waals surface area contributed by atoms with Crippen molar-refractivity contribution in [2.24, 2.45) is 0 Å². The monoisotopic (exact) mass is 302 g/mol. The lowest BCUT2D eigenvalue weighted by molar-refractivity contribution is 0.0827. The van der Waals surface area contributed by atoms with Crippen LogP contribution in [0, 0.1) is 6.92 Å². The van der Waals surface area contributed by atoms with Crippen molar-refractivity contribution in [2.75, 3.05) is 26.0 Å². The summed E-state index contributed by atoms with van der Waals surface area (Å²) in [6.07, 6.45) is 0. The minimum atomic E-state index is -0.0471. The third-order valence-corrected chi connectivity index (χ3v) is 3.18. The molecule has 0 bridgehead atoms. The lowest BCUT2D eigenvalue weighted by Crippen LogP contribution is -2.21. The molecule has 0 spiro atoms. The van der Waals surface area contributed by atoms with E-state index in [-0.39, 0.29) is 5.91 Å². The van der Waals surface area contributed by atoms with E-state index in [1.807, 2.05) is 32.0 Å². The van der Waals surface area contributed by atoms with Crippen molar-refractivity contribution >= 4 is 11.6 Å². The Morgan fingerprint density at radius 2 is 2.05 bits per heavy atom. The molecule has 0 atom stereocenters. The third-order valence-electron chi connectivity index (χ3n) is 3.18. The number of hydrogen-bond donors (Lipinski definition) is 1. The van der Waals surface area contributed by atoms with Gasteiger partial charge in [0, 0.05) is 19.7 Å². The SMILES string of the molecule is CCOc1cc(C(=O)N(C)C)ccc1NCc1ccc(C)o1. The molecule has 0 aliphatic rings. The van der Waals surface area contributed by atoms with Gasteiger partial charge in [0.2, 0.25) is 0 Å². The van der Waals surface area contributed by atoms with E-state index in [0.717, 1.165) is 17.2 Å². The average molecular weight is 302 g/mol. The minimum Gasteiger partial charge on any atom is -0.492 e. The molecule has 0 saturated carbocycles. The maximum atomic E-state index is 12.0. The van der Waals surface area contributed by atoms with Crippen molar-refractivity contribution < 1.29 is 13.9 Å². The zero-order valence-electron chi connectivity index (χ0n) is 13.5. The van der Waals surface area contributed by atoms with Gasteiger partial charge in [0.1, 0.15) is 17.3 Å². The van der Waals surface area contributed by atoms with Gasteiger partial charge < -0.3 is 19.4 Å². The third kappa shape index (κ3) is 3.81. The summed E-state index contributed by atoms with van der Waals surface area (Å²) < 4.78 is 11.2. The standard InChI is InChI=1S/C17H22N2O3/c1-5-21-16-10-13(17(20)19(3)4)7-9-15(16)18-11-14-8-6-12(2)22-14/h6-10,18H,5,11H2,1-4H3. The molecule has 1 heterocycles. The summed E-state index contributed by atoms with van der Waals surface area (Å²) in [5.74, 6) is 2.36. The van der Waals surface area contributed by atoms with E-state index in [2.05, 4.69) is 5.32 Å². The maximum absolute atomic E-state index is 12.0. The molecule has 1 aromatic carbocycles. The van der Waals surface area contributed by atoms with Crippen molar-refractivity contribution in [2.45, 2.75) is 20.4 Å². The average Bonchev–Trinajstić information content (AvgIpc) is 2.91. The van der Waals surface area contributed by atoms with Crippen molar-refractivity contribution in [3.63, 3.8) is 0 Å². The van der Waals surface area contributed by atoms with Crippen LogP contribution in [0.5, 0.6) is 5.75 Å². The van der Waals surface area contributed by atoms with Gasteiger partial charge in [-0.25, -0.2) is 0 Å². The Labute approximate surface area is 130 Å². The Hall–Kier alpha value is -2.43. The molecule has 0 fully saturated rings. The Kier molecular flexibility index (Phi) is 5.09. The second-order valence-corrected chi connectivity index (χ2v) is 5.21. The molecule has 5 nitrogen and oxygen atoms in total. The second-order valence-electron chi connectivity index (χ2n) is 5.21. The first-order valence-electron chi connectivity index (χ1n) is 7.29. The molecule has 0 aliphatic heterocycles. The highest BCUT2D eigenvalue weighted by Crippen LogP contribution is 2.27. The van der Waals surface area contributed by atoms with Crippen LogP contribution in [0.1, 0.15) is 28.8 Å². The predicted octanol–water partition coefficient (Wildman–Crippen LogP) is 3.30. The van der Waals surface area contributed by atoms with Crippen LogP contribution in [0.2, 0.25) is 0 Å². The Bertz CT molecular complexity index is 647. The fraction of sp³-hybridized carbons (Fsp3) is 0.353. The molecule has 0 saturated heterocycles. The van der Waals surface area contributed by atoms with Crippen molar-refractivity contribution in [3.05, 3.63) is 47.4 Å². The van der Waals surface area contributed by atoms with E-state index in [4.69, 9.17) is 9.15 Å². The van der Waals surface area contributed by atoms with E-state index < -0.39 is 0 Å². The molecule has 22 heavy (non-hydrogen) atoms. The number of hydrogen-bond acceptors (Lipinski definition) is 4. The van der Waals surface area contributed by atoms with E-state index in [9.17, 15) is 4.79 Å². The number of carbonyl (C=O) groups excluding carboxylic acids is 1. The largest absolute Gasteiger partial charge is 0.492 e. The van der Waals surface area contributed by atoms with Gasteiger partial charge in [-0.2, -0.15) is 0 Å². The predicted molar refractivity (Wildman–Crippen MR) is 86.4 cm³/mol. The van der Waals surface area contributed by atoms with Gasteiger partial charge in [-0.05, 0) is 44.2 Å². The van der Waals surface area contributed by atoms with Crippen LogP contribution >= 0.6 is 0 Å². The Morgan fingerprint density at radius 1 is 1.27 bits per heavy atom. The van der Waals surface area contributed by atoms with Crippen LogP contribution in [0.25, 0.3) is 0 Å². The number of ether oxygens (including phenoxy) is 1. The minimum absolute atomic E-state index is 0.0471. The number of nitrogens with zero attached hydrogens (tertiary/aromatic N) is 1. The molecule has 0 aliphatic carbocycles. The van der Waals surface area contributed by atoms with E-state index in [1.54, 1.807) is 31.1 Å². The highest BCUT2D eigenvalue weighted by molar-refractivity contribution is 5.95. The molecule has 2 aromatic rings. The second kappa shape index (κ2) is 7.02. The summed E-state index contributed by atoms with van der Waals surface area (Å²) in [6.45, 7) is 4.93. The van der Waals surface area contributed by atoms with Gasteiger partial charge in [-0.3, -0.25) is 4.79 Å². The number of nitrogens with one attached hydrogen (secondary N) is 1. The van der Waals surface area contributed by atoms with Gasteiger partial charge in [-0.15, -0.1) is 0 Å². The van der Waals surface area contributed by atoms with Gasteiger partial charge in [0.05, 0.1) is 18.8 Å². The normalized spacial score (nSPS) is 10.4. The van der Waals surface area contributed by atoms with Crippen LogP contribution in [0.3, 0.4) is 0 Å². The summed E-state index contributed by atoms with van der Waals surface area (Å²) >= 11 is 0. The molecule has 1 aromatic heterocycles. The zero-order chi connectivity index (χ0) is 16.1. The fourth-order valence-corrected chi connectivity index (χ4v) is 2.10. The Morgan fingerprint density at radius 3 is 2.64 bits per heavy atom. The van der Waals surface area contributed by atoms with Gasteiger partial charge >= 0.3 is 0 Å². The number of carbonyl (C=O) groups is 1. The number of amides is 1. The van der Waals surface area contributed by atoms with Gasteiger partial charge in [-0.1, -0.05) is 0 Å². The van der Waals surface area contributed by atoms with E-state index in [0.29, 0.717) is 24.5 Å². The number of furan rings is 1. The highest BCUT2D eigenvalue weighted by atomic mass is 16.5. The molecular weight excluding hydrogens is 280 g/mol. The first-order valence-corrected chi connectivity index (χ1v) is 7.29. The number of rotatable bonds is 6. The topological polar surface area (TPSA) is 54.7 Å². The van der Waals surface area contributed by atoms with E-state index >= 15 is 0 Å².